The highest BCUT2D eigenvalue weighted by molar-refractivity contribution is 14.1. The van der Waals surface area contributed by atoms with Gasteiger partial charge in [-0.3, -0.25) is 0 Å². The van der Waals surface area contributed by atoms with Crippen LogP contribution in [0.2, 0.25) is 5.02 Å². The van der Waals surface area contributed by atoms with Gasteiger partial charge in [0.1, 0.15) is 5.75 Å². The quantitative estimate of drug-likeness (QED) is 0.383. The van der Waals surface area contributed by atoms with E-state index < -0.39 is 6.10 Å². The number of hydrogen-bond donors (Lipinski definition) is 2. The molecule has 0 saturated carbocycles. The highest BCUT2D eigenvalue weighted by atomic mass is 127. The fraction of sp³-hybridized carbons (Fsp3) is 0.182. The first-order valence-electron chi connectivity index (χ1n) is 8.65. The molecule has 27 heavy (non-hydrogen) atoms. The normalized spacial score (nSPS) is 13.0. The Hall–Kier alpha value is -1.76. The van der Waals surface area contributed by atoms with Crippen molar-refractivity contribution in [3.05, 3.63) is 92.5 Å². The van der Waals surface area contributed by atoms with E-state index >= 15 is 0 Å². The van der Waals surface area contributed by atoms with E-state index in [9.17, 15) is 5.11 Å². The van der Waals surface area contributed by atoms with E-state index in [0.717, 1.165) is 22.6 Å². The van der Waals surface area contributed by atoms with Gasteiger partial charge in [0.15, 0.2) is 0 Å². The van der Waals surface area contributed by atoms with Crippen molar-refractivity contribution in [2.45, 2.75) is 18.6 Å². The molecule has 0 heterocycles. The van der Waals surface area contributed by atoms with Crippen LogP contribution in [0.1, 0.15) is 29.7 Å². The average molecular weight is 494 g/mol. The van der Waals surface area contributed by atoms with Crippen molar-refractivity contribution >= 4 is 39.9 Å². The maximum absolute atomic E-state index is 10.8. The molecule has 5 heteroatoms. The number of halogens is 2. The largest absolute Gasteiger partial charge is 0.497 e. The molecule has 0 aliphatic rings. The van der Waals surface area contributed by atoms with Crippen molar-refractivity contribution in [1.29, 1.82) is 0 Å². The Bertz CT molecular complexity index is 851. The maximum atomic E-state index is 10.8. The number of methoxy groups -OCH3 is 1. The van der Waals surface area contributed by atoms with Crippen LogP contribution in [0.25, 0.3) is 0 Å². The summed E-state index contributed by atoms with van der Waals surface area (Å²) in [7, 11) is 1.65. The Morgan fingerprint density at radius 1 is 0.926 bits per heavy atom. The van der Waals surface area contributed by atoms with Crippen LogP contribution in [0.15, 0.2) is 72.8 Å². The Morgan fingerprint density at radius 2 is 1.52 bits per heavy atom. The number of rotatable bonds is 7. The Morgan fingerprint density at radius 3 is 2.11 bits per heavy atom. The molecule has 3 nitrogen and oxygen atoms in total. The summed E-state index contributed by atoms with van der Waals surface area (Å²) in [5.74, 6) is 0.810. The van der Waals surface area contributed by atoms with Gasteiger partial charge in [0.05, 0.1) is 19.3 Å². The second-order valence-electron chi connectivity index (χ2n) is 6.28. The first-order valence-corrected chi connectivity index (χ1v) is 10.1. The van der Waals surface area contributed by atoms with Crippen LogP contribution in [0.5, 0.6) is 5.75 Å². The molecule has 2 atom stereocenters. The van der Waals surface area contributed by atoms with E-state index in [1.807, 2.05) is 48.5 Å². The average Bonchev–Trinajstić information content (AvgIpc) is 2.69. The Labute approximate surface area is 178 Å². The van der Waals surface area contributed by atoms with Gasteiger partial charge in [0.25, 0.3) is 0 Å². The number of anilines is 1. The number of benzene rings is 3. The fourth-order valence-electron chi connectivity index (χ4n) is 2.91. The molecular formula is C22H21ClINO2. The summed E-state index contributed by atoms with van der Waals surface area (Å²) in [4.78, 5) is 0. The van der Waals surface area contributed by atoms with Gasteiger partial charge in [-0.25, -0.2) is 0 Å². The molecule has 0 saturated heterocycles. The van der Waals surface area contributed by atoms with Crippen molar-refractivity contribution in [1.82, 2.24) is 0 Å². The molecule has 0 aliphatic carbocycles. The van der Waals surface area contributed by atoms with E-state index in [4.69, 9.17) is 16.3 Å². The molecule has 2 N–H and O–H groups in total. The minimum absolute atomic E-state index is 0.0540. The maximum Gasteiger partial charge on any atom is 0.118 e. The first kappa shape index (κ1) is 20.0. The van der Waals surface area contributed by atoms with E-state index in [2.05, 4.69) is 40.0 Å². The Balaban J connectivity index is 1.83. The van der Waals surface area contributed by atoms with Gasteiger partial charge in [-0.2, -0.15) is 0 Å². The summed E-state index contributed by atoms with van der Waals surface area (Å²) in [5, 5.41) is 15.0. The minimum Gasteiger partial charge on any atom is -0.497 e. The zero-order valence-corrected chi connectivity index (χ0v) is 17.8. The molecule has 3 aromatic rings. The van der Waals surface area contributed by atoms with Crippen LogP contribution in [0, 0.1) is 3.57 Å². The summed E-state index contributed by atoms with van der Waals surface area (Å²) >= 11 is 8.25. The summed E-state index contributed by atoms with van der Waals surface area (Å²) in [6, 6.07) is 23.4. The van der Waals surface area contributed by atoms with Crippen LogP contribution in [0.3, 0.4) is 0 Å². The molecular weight excluding hydrogens is 473 g/mol. The van der Waals surface area contributed by atoms with Crippen molar-refractivity contribution in [2.24, 2.45) is 0 Å². The minimum atomic E-state index is -0.606. The third-order valence-electron chi connectivity index (χ3n) is 4.42. The van der Waals surface area contributed by atoms with Gasteiger partial charge in [-0.15, -0.1) is 0 Å². The molecule has 0 radical (unpaired) electrons. The summed E-state index contributed by atoms with van der Waals surface area (Å²) in [5.41, 5.74) is 2.95. The van der Waals surface area contributed by atoms with Crippen LogP contribution in [0.4, 0.5) is 5.69 Å². The molecule has 3 aromatic carbocycles. The molecule has 0 aliphatic heterocycles. The fourth-order valence-corrected chi connectivity index (χ4v) is 3.39. The topological polar surface area (TPSA) is 41.5 Å². The molecule has 2 unspecified atom stereocenters. The molecule has 0 fully saturated rings. The molecule has 3 rings (SSSR count). The number of aliphatic hydroxyl groups is 1. The van der Waals surface area contributed by atoms with Crippen molar-refractivity contribution in [2.75, 3.05) is 12.4 Å². The summed E-state index contributed by atoms with van der Waals surface area (Å²) in [6.07, 6.45) is -0.0781. The monoisotopic (exact) mass is 493 g/mol. The van der Waals surface area contributed by atoms with Crippen LogP contribution >= 0.6 is 34.2 Å². The number of nitrogens with one attached hydrogen (secondary N) is 1. The molecule has 0 aromatic heterocycles. The number of ether oxygens (including phenoxy) is 1. The number of aliphatic hydroxyl groups excluding tert-OH is 1. The highest BCUT2D eigenvalue weighted by Gasteiger charge is 2.18. The van der Waals surface area contributed by atoms with E-state index in [-0.39, 0.29) is 6.04 Å². The highest BCUT2D eigenvalue weighted by Crippen LogP contribution is 2.31. The van der Waals surface area contributed by atoms with Gasteiger partial charge in [-0.1, -0.05) is 35.9 Å². The van der Waals surface area contributed by atoms with Gasteiger partial charge >= 0.3 is 0 Å². The second-order valence-corrected chi connectivity index (χ2v) is 7.96. The third kappa shape index (κ3) is 5.61. The Kier molecular flexibility index (Phi) is 6.99. The zero-order chi connectivity index (χ0) is 19.2. The lowest BCUT2D eigenvalue weighted by atomic mass is 9.96. The SMILES string of the molecule is COc1ccc(C(CC(O)c2ccc(Cl)cc2)Nc2ccc(I)cc2)cc1. The summed E-state index contributed by atoms with van der Waals surface area (Å²) in [6.45, 7) is 0. The number of hydrogen-bond acceptors (Lipinski definition) is 3. The van der Waals surface area contributed by atoms with E-state index in [0.29, 0.717) is 11.4 Å². The van der Waals surface area contributed by atoms with Crippen LogP contribution in [-0.2, 0) is 0 Å². The first-order chi connectivity index (χ1) is 13.0. The van der Waals surface area contributed by atoms with Crippen molar-refractivity contribution in [3.63, 3.8) is 0 Å². The van der Waals surface area contributed by atoms with Gasteiger partial charge in [0.2, 0.25) is 0 Å². The summed E-state index contributed by atoms with van der Waals surface area (Å²) < 4.78 is 6.44. The lowest BCUT2D eigenvalue weighted by Crippen LogP contribution is -2.15. The molecule has 0 bridgehead atoms. The predicted octanol–water partition coefficient (Wildman–Crippen LogP) is 6.23. The third-order valence-corrected chi connectivity index (χ3v) is 5.39. The standard InChI is InChI=1S/C22H21ClINO2/c1-27-20-12-4-15(5-13-20)21(25-19-10-8-18(24)9-11-19)14-22(26)16-2-6-17(23)7-3-16/h2-13,21-22,25-26H,14H2,1H3. The van der Waals surface area contributed by atoms with Gasteiger partial charge in [-0.05, 0) is 82.2 Å². The molecule has 0 spiro atoms. The molecule has 140 valence electrons. The van der Waals surface area contributed by atoms with Gasteiger partial charge in [0, 0.05) is 20.7 Å². The predicted molar refractivity (Wildman–Crippen MR) is 120 cm³/mol. The lowest BCUT2D eigenvalue weighted by Gasteiger charge is -2.24. The van der Waals surface area contributed by atoms with E-state index in [1.165, 1.54) is 3.57 Å². The van der Waals surface area contributed by atoms with E-state index in [1.54, 1.807) is 19.2 Å². The van der Waals surface area contributed by atoms with Gasteiger partial charge < -0.3 is 15.2 Å². The zero-order valence-electron chi connectivity index (χ0n) is 14.9. The van der Waals surface area contributed by atoms with Crippen molar-refractivity contribution < 1.29 is 9.84 Å². The van der Waals surface area contributed by atoms with Crippen LogP contribution in [-0.4, -0.2) is 12.2 Å². The van der Waals surface area contributed by atoms with Crippen molar-refractivity contribution in [3.8, 4) is 5.75 Å². The smallest absolute Gasteiger partial charge is 0.118 e. The molecule has 0 amide bonds. The lowest BCUT2D eigenvalue weighted by molar-refractivity contribution is 0.160. The second kappa shape index (κ2) is 9.44. The van der Waals surface area contributed by atoms with Crippen LogP contribution < -0.4 is 10.1 Å².